The second kappa shape index (κ2) is 15.1. The molecule has 11 rings (SSSR count). The summed E-state index contributed by atoms with van der Waals surface area (Å²) in [6.45, 7) is 0. The maximum atomic E-state index is 2.44. The zero-order chi connectivity index (χ0) is 39.8. The van der Waals surface area contributed by atoms with E-state index in [9.17, 15) is 0 Å². The van der Waals surface area contributed by atoms with Crippen LogP contribution in [0.1, 0.15) is 0 Å². The SMILES string of the molecule is c1ccc(-c2ccc(N(c3ccc(-c4cccc(-n5c6ccccc6c6ccccc65)c4-c4ccccc4)cc3)c3ccccc3-c3cccc4ccccc34)cc2)cc1. The zero-order valence-electron chi connectivity index (χ0n) is 33.0. The van der Waals surface area contributed by atoms with Gasteiger partial charge in [-0.05, 0) is 92.7 Å². The number of para-hydroxylation sites is 3. The first kappa shape index (κ1) is 35.2. The number of aromatic nitrogens is 1. The van der Waals surface area contributed by atoms with Crippen LogP contribution in [0.25, 0.3) is 82.8 Å². The molecule has 0 aliphatic carbocycles. The fraction of sp³-hybridized carbons (Fsp3) is 0. The summed E-state index contributed by atoms with van der Waals surface area (Å²) >= 11 is 0. The molecule has 0 unspecified atom stereocenters. The van der Waals surface area contributed by atoms with Crippen molar-refractivity contribution in [1.82, 2.24) is 4.57 Å². The van der Waals surface area contributed by atoms with Gasteiger partial charge in [-0.1, -0.05) is 194 Å². The molecule has 0 spiro atoms. The third-order valence-corrected chi connectivity index (χ3v) is 11.8. The van der Waals surface area contributed by atoms with Crippen LogP contribution in [0.15, 0.2) is 243 Å². The fourth-order valence-corrected chi connectivity index (χ4v) is 9.06. The van der Waals surface area contributed by atoms with Crippen molar-refractivity contribution in [2.45, 2.75) is 0 Å². The lowest BCUT2D eigenvalue weighted by atomic mass is 9.92. The minimum atomic E-state index is 1.08. The van der Waals surface area contributed by atoms with Crippen LogP contribution in [-0.2, 0) is 0 Å². The van der Waals surface area contributed by atoms with Gasteiger partial charge in [-0.25, -0.2) is 0 Å². The third kappa shape index (κ3) is 6.14. The van der Waals surface area contributed by atoms with Crippen molar-refractivity contribution in [2.24, 2.45) is 0 Å². The molecule has 0 radical (unpaired) electrons. The molecule has 60 heavy (non-hydrogen) atoms. The summed E-state index contributed by atoms with van der Waals surface area (Å²) < 4.78 is 2.44. The molecule has 0 aliphatic heterocycles. The van der Waals surface area contributed by atoms with Crippen LogP contribution in [0.2, 0.25) is 0 Å². The van der Waals surface area contributed by atoms with E-state index in [1.807, 2.05) is 0 Å². The van der Waals surface area contributed by atoms with Gasteiger partial charge in [0.25, 0.3) is 0 Å². The van der Waals surface area contributed by atoms with E-state index in [4.69, 9.17) is 0 Å². The van der Waals surface area contributed by atoms with Crippen LogP contribution < -0.4 is 4.90 Å². The number of fused-ring (bicyclic) bond motifs is 4. The summed E-state index contributed by atoms with van der Waals surface area (Å²) in [7, 11) is 0. The molecule has 2 heteroatoms. The lowest BCUT2D eigenvalue weighted by molar-refractivity contribution is 1.18. The highest BCUT2D eigenvalue weighted by atomic mass is 15.1. The molecule has 2 nitrogen and oxygen atoms in total. The summed E-state index contributed by atoms with van der Waals surface area (Å²) in [5.41, 5.74) is 16.3. The first-order chi connectivity index (χ1) is 29.8. The molecule has 0 fully saturated rings. The fourth-order valence-electron chi connectivity index (χ4n) is 9.06. The number of anilines is 3. The molecule has 0 saturated heterocycles. The summed E-state index contributed by atoms with van der Waals surface area (Å²) in [5, 5.41) is 4.97. The Balaban J connectivity index is 1.09. The smallest absolute Gasteiger partial charge is 0.0546 e. The van der Waals surface area contributed by atoms with Gasteiger partial charge in [-0.15, -0.1) is 0 Å². The highest BCUT2D eigenvalue weighted by molar-refractivity contribution is 6.10. The molecule has 11 aromatic rings. The van der Waals surface area contributed by atoms with E-state index in [0.29, 0.717) is 0 Å². The van der Waals surface area contributed by atoms with Gasteiger partial charge in [0.2, 0.25) is 0 Å². The predicted octanol–water partition coefficient (Wildman–Crippen LogP) is 16.1. The Bertz CT molecular complexity index is 3230. The maximum Gasteiger partial charge on any atom is 0.0546 e. The van der Waals surface area contributed by atoms with Crippen molar-refractivity contribution >= 4 is 49.6 Å². The highest BCUT2D eigenvalue weighted by Crippen LogP contribution is 2.45. The van der Waals surface area contributed by atoms with Crippen molar-refractivity contribution in [2.75, 3.05) is 4.90 Å². The van der Waals surface area contributed by atoms with Gasteiger partial charge in [0.15, 0.2) is 0 Å². The van der Waals surface area contributed by atoms with Crippen molar-refractivity contribution < 1.29 is 0 Å². The van der Waals surface area contributed by atoms with Crippen molar-refractivity contribution in [1.29, 1.82) is 0 Å². The van der Waals surface area contributed by atoms with E-state index in [2.05, 4.69) is 252 Å². The maximum absolute atomic E-state index is 2.44. The lowest BCUT2D eigenvalue weighted by Gasteiger charge is -2.28. The summed E-state index contributed by atoms with van der Waals surface area (Å²) in [6.07, 6.45) is 0. The van der Waals surface area contributed by atoms with Gasteiger partial charge in [-0.3, -0.25) is 0 Å². The largest absolute Gasteiger partial charge is 0.310 e. The van der Waals surface area contributed by atoms with Crippen LogP contribution in [-0.4, -0.2) is 4.57 Å². The normalized spacial score (nSPS) is 11.3. The van der Waals surface area contributed by atoms with Gasteiger partial charge in [-0.2, -0.15) is 0 Å². The lowest BCUT2D eigenvalue weighted by Crippen LogP contribution is -2.11. The van der Waals surface area contributed by atoms with Crippen LogP contribution in [0.5, 0.6) is 0 Å². The molecule has 0 N–H and O–H groups in total. The average Bonchev–Trinajstić information content (AvgIpc) is 3.67. The van der Waals surface area contributed by atoms with E-state index in [1.54, 1.807) is 0 Å². The number of nitrogens with zero attached hydrogens (tertiary/aromatic N) is 2. The molecular weight excluding hydrogens is 725 g/mol. The third-order valence-electron chi connectivity index (χ3n) is 11.8. The summed E-state index contributed by atoms with van der Waals surface area (Å²) in [4.78, 5) is 2.41. The molecule has 10 aromatic carbocycles. The van der Waals surface area contributed by atoms with Gasteiger partial charge in [0.05, 0.1) is 22.4 Å². The van der Waals surface area contributed by atoms with Crippen LogP contribution in [0.3, 0.4) is 0 Å². The van der Waals surface area contributed by atoms with Crippen LogP contribution in [0, 0.1) is 0 Å². The Morgan fingerprint density at radius 2 is 0.750 bits per heavy atom. The number of hydrogen-bond donors (Lipinski definition) is 0. The zero-order valence-corrected chi connectivity index (χ0v) is 33.0. The molecule has 0 saturated carbocycles. The minimum absolute atomic E-state index is 1.08. The molecule has 1 aromatic heterocycles. The van der Waals surface area contributed by atoms with Gasteiger partial charge < -0.3 is 9.47 Å². The quantitative estimate of drug-likeness (QED) is 0.150. The standard InChI is InChI=1S/C58H40N2/c1-3-17-41(18-4-1)42-33-37-46(38-34-42)59(54-29-12-9-24-51(54)50-28-15-22-43-19-7-8-23-48(43)50)47-39-35-44(36-40-47)49-27-16-32-57(58(49)45-20-5-2-6-21-45)60-55-30-13-10-25-52(55)53-26-11-14-31-56(53)60/h1-40H. The Hall–Kier alpha value is -7.94. The van der Waals surface area contributed by atoms with Crippen molar-refractivity contribution in [3.8, 4) is 50.2 Å². The number of hydrogen-bond acceptors (Lipinski definition) is 1. The average molecular weight is 765 g/mol. The first-order valence-corrected chi connectivity index (χ1v) is 20.6. The first-order valence-electron chi connectivity index (χ1n) is 20.6. The Labute approximate surface area is 350 Å². The highest BCUT2D eigenvalue weighted by Gasteiger charge is 2.21. The van der Waals surface area contributed by atoms with Crippen LogP contribution in [0.4, 0.5) is 17.1 Å². The van der Waals surface area contributed by atoms with E-state index in [0.717, 1.165) is 28.3 Å². The molecule has 0 amide bonds. The Morgan fingerprint density at radius 1 is 0.283 bits per heavy atom. The molecule has 1 heterocycles. The van der Waals surface area contributed by atoms with Crippen molar-refractivity contribution in [3.63, 3.8) is 0 Å². The number of rotatable bonds is 8. The molecule has 0 atom stereocenters. The van der Waals surface area contributed by atoms with Gasteiger partial charge in [0.1, 0.15) is 0 Å². The molecule has 282 valence electrons. The summed E-state index contributed by atoms with van der Waals surface area (Å²) in [5.74, 6) is 0. The van der Waals surface area contributed by atoms with Crippen LogP contribution >= 0.6 is 0 Å². The van der Waals surface area contributed by atoms with E-state index < -0.39 is 0 Å². The second-order valence-electron chi connectivity index (χ2n) is 15.3. The summed E-state index contributed by atoms with van der Waals surface area (Å²) in [6, 6.07) is 87.9. The Kier molecular flexibility index (Phi) is 8.87. The minimum Gasteiger partial charge on any atom is -0.310 e. The predicted molar refractivity (Wildman–Crippen MR) is 255 cm³/mol. The number of benzene rings is 10. The molecular formula is C58H40N2. The van der Waals surface area contributed by atoms with E-state index >= 15 is 0 Å². The molecule has 0 bridgehead atoms. The van der Waals surface area contributed by atoms with E-state index in [1.165, 1.54) is 71.5 Å². The monoisotopic (exact) mass is 764 g/mol. The van der Waals surface area contributed by atoms with E-state index in [-0.39, 0.29) is 0 Å². The van der Waals surface area contributed by atoms with Gasteiger partial charge in [0, 0.05) is 33.3 Å². The Morgan fingerprint density at radius 3 is 1.43 bits per heavy atom. The van der Waals surface area contributed by atoms with Crippen molar-refractivity contribution in [3.05, 3.63) is 243 Å². The second-order valence-corrected chi connectivity index (χ2v) is 15.3. The topological polar surface area (TPSA) is 8.17 Å². The van der Waals surface area contributed by atoms with Gasteiger partial charge >= 0.3 is 0 Å². The molecule has 0 aliphatic rings.